The summed E-state index contributed by atoms with van der Waals surface area (Å²) in [6.45, 7) is 7.86. The number of nitrogens with one attached hydrogen (secondary N) is 1. The fourth-order valence-corrected chi connectivity index (χ4v) is 6.11. The number of thioether (sulfide) groups is 2. The average molecular weight is 303 g/mol. The average Bonchev–Trinajstić information content (AvgIpc) is 2.86. The van der Waals surface area contributed by atoms with Crippen LogP contribution in [-0.2, 0) is 0 Å². The van der Waals surface area contributed by atoms with E-state index in [1.807, 2.05) is 11.3 Å². The van der Waals surface area contributed by atoms with Crippen LogP contribution < -0.4 is 5.32 Å². The molecular weight excluding hydrogens is 280 g/mol. The zero-order valence-electron chi connectivity index (χ0n) is 11.3. The highest BCUT2D eigenvalue weighted by atomic mass is 32.2. The first-order valence-corrected chi connectivity index (χ1v) is 9.56. The van der Waals surface area contributed by atoms with Crippen LogP contribution in [0.25, 0.3) is 0 Å². The minimum absolute atomic E-state index is 0.438. The van der Waals surface area contributed by atoms with Crippen molar-refractivity contribution < 1.29 is 0 Å². The molecular formula is C13H22N2S3. The second kappa shape index (κ2) is 7.17. The van der Waals surface area contributed by atoms with E-state index in [1.54, 1.807) is 0 Å². The minimum Gasteiger partial charge on any atom is -0.309 e. The van der Waals surface area contributed by atoms with Crippen LogP contribution in [0.3, 0.4) is 0 Å². The molecule has 1 aromatic heterocycles. The molecule has 1 fully saturated rings. The van der Waals surface area contributed by atoms with E-state index in [2.05, 4.69) is 60.8 Å². The number of rotatable bonds is 5. The zero-order valence-corrected chi connectivity index (χ0v) is 13.8. The van der Waals surface area contributed by atoms with E-state index in [0.29, 0.717) is 16.5 Å². The van der Waals surface area contributed by atoms with Crippen LogP contribution in [0.2, 0.25) is 0 Å². The molecule has 18 heavy (non-hydrogen) atoms. The molecule has 2 heterocycles. The topological polar surface area (TPSA) is 24.9 Å². The van der Waals surface area contributed by atoms with Crippen molar-refractivity contribution >= 4 is 34.9 Å². The van der Waals surface area contributed by atoms with E-state index in [1.165, 1.54) is 27.8 Å². The molecule has 1 saturated heterocycles. The van der Waals surface area contributed by atoms with Crippen LogP contribution in [-0.4, -0.2) is 28.3 Å². The Morgan fingerprint density at radius 1 is 1.44 bits per heavy atom. The van der Waals surface area contributed by atoms with Crippen molar-refractivity contribution in [2.24, 2.45) is 0 Å². The molecule has 2 rings (SSSR count). The van der Waals surface area contributed by atoms with E-state index in [4.69, 9.17) is 0 Å². The predicted octanol–water partition coefficient (Wildman–Crippen LogP) is 4.11. The summed E-state index contributed by atoms with van der Waals surface area (Å²) in [4.78, 5) is 6.04. The molecule has 3 unspecified atom stereocenters. The lowest BCUT2D eigenvalue weighted by Crippen LogP contribution is -2.18. The minimum atomic E-state index is 0.438. The Hall–Kier alpha value is 0.290. The fourth-order valence-electron chi connectivity index (χ4n) is 2.00. The maximum Gasteiger partial charge on any atom is 0.107 e. The third kappa shape index (κ3) is 3.65. The Balaban J connectivity index is 2.00. The number of thiazole rings is 1. The fraction of sp³-hybridized carbons (Fsp3) is 0.769. The Kier molecular flexibility index (Phi) is 5.86. The monoisotopic (exact) mass is 302 g/mol. The summed E-state index contributed by atoms with van der Waals surface area (Å²) in [6.07, 6.45) is 3.25. The largest absolute Gasteiger partial charge is 0.309 e. The smallest absolute Gasteiger partial charge is 0.107 e. The van der Waals surface area contributed by atoms with Gasteiger partial charge in [0, 0.05) is 33.9 Å². The molecule has 0 amide bonds. The maximum atomic E-state index is 4.66. The number of aromatic nitrogens is 1. The number of hydrogen-bond acceptors (Lipinski definition) is 5. The Morgan fingerprint density at radius 2 is 2.22 bits per heavy atom. The third-order valence-electron chi connectivity index (χ3n) is 3.10. The predicted molar refractivity (Wildman–Crippen MR) is 85.9 cm³/mol. The maximum absolute atomic E-state index is 4.66. The lowest BCUT2D eigenvalue weighted by molar-refractivity contribution is 0.577. The van der Waals surface area contributed by atoms with Gasteiger partial charge in [-0.15, -0.1) is 23.1 Å². The highest BCUT2D eigenvalue weighted by molar-refractivity contribution is 8.06. The molecule has 1 N–H and O–H groups in total. The van der Waals surface area contributed by atoms with Crippen molar-refractivity contribution in [3.05, 3.63) is 16.1 Å². The van der Waals surface area contributed by atoms with Crippen LogP contribution in [0.1, 0.15) is 48.4 Å². The van der Waals surface area contributed by atoms with Gasteiger partial charge in [-0.2, -0.15) is 11.8 Å². The van der Waals surface area contributed by atoms with Crippen LogP contribution in [0.4, 0.5) is 0 Å². The van der Waals surface area contributed by atoms with Crippen LogP contribution in [0.15, 0.2) is 6.20 Å². The normalized spacial score (nSPS) is 26.2. The quantitative estimate of drug-likeness (QED) is 0.884. The van der Waals surface area contributed by atoms with Gasteiger partial charge in [0.25, 0.3) is 0 Å². The summed E-state index contributed by atoms with van der Waals surface area (Å²) in [5.74, 6) is 2.55. The van der Waals surface area contributed by atoms with Gasteiger partial charge in [0.2, 0.25) is 0 Å². The van der Waals surface area contributed by atoms with Gasteiger partial charge in [0.1, 0.15) is 5.01 Å². The van der Waals surface area contributed by atoms with Crippen molar-refractivity contribution in [1.82, 2.24) is 10.3 Å². The van der Waals surface area contributed by atoms with Gasteiger partial charge in [-0.25, -0.2) is 4.98 Å². The second-order valence-corrected chi connectivity index (χ2v) is 8.47. The molecule has 0 saturated carbocycles. The molecule has 102 valence electrons. The van der Waals surface area contributed by atoms with Crippen molar-refractivity contribution in [3.63, 3.8) is 0 Å². The van der Waals surface area contributed by atoms with E-state index in [9.17, 15) is 0 Å². The highest BCUT2D eigenvalue weighted by Gasteiger charge is 2.27. The summed E-state index contributed by atoms with van der Waals surface area (Å²) in [5.41, 5.74) is 0. The van der Waals surface area contributed by atoms with Crippen molar-refractivity contribution in [2.45, 2.75) is 43.7 Å². The summed E-state index contributed by atoms with van der Waals surface area (Å²) >= 11 is 6.05. The zero-order chi connectivity index (χ0) is 13.0. The first kappa shape index (κ1) is 14.7. The molecule has 0 radical (unpaired) electrons. The number of nitrogens with zero attached hydrogens (tertiary/aromatic N) is 1. The molecule has 1 aliphatic rings. The molecule has 0 aliphatic carbocycles. The highest BCUT2D eigenvalue weighted by Crippen LogP contribution is 2.44. The Bertz CT molecular complexity index is 367. The van der Waals surface area contributed by atoms with Crippen molar-refractivity contribution in [3.8, 4) is 0 Å². The van der Waals surface area contributed by atoms with Crippen LogP contribution in [0, 0.1) is 0 Å². The van der Waals surface area contributed by atoms with Gasteiger partial charge in [-0.3, -0.25) is 0 Å². The Morgan fingerprint density at radius 3 is 2.94 bits per heavy atom. The summed E-state index contributed by atoms with van der Waals surface area (Å²) < 4.78 is 0. The molecule has 2 nitrogen and oxygen atoms in total. The molecule has 1 aliphatic heterocycles. The molecule has 0 aromatic carbocycles. The van der Waals surface area contributed by atoms with Gasteiger partial charge in [0.15, 0.2) is 0 Å². The second-order valence-electron chi connectivity index (χ2n) is 4.64. The van der Waals surface area contributed by atoms with Crippen LogP contribution in [0.5, 0.6) is 0 Å². The van der Waals surface area contributed by atoms with Gasteiger partial charge in [0.05, 0.1) is 5.25 Å². The van der Waals surface area contributed by atoms with Gasteiger partial charge in [-0.1, -0.05) is 13.8 Å². The van der Waals surface area contributed by atoms with E-state index < -0.39 is 0 Å². The first-order chi connectivity index (χ1) is 8.72. The molecule has 3 atom stereocenters. The summed E-state index contributed by atoms with van der Waals surface area (Å²) in [6, 6.07) is 0.438. The first-order valence-electron chi connectivity index (χ1n) is 6.64. The molecule has 0 bridgehead atoms. The van der Waals surface area contributed by atoms with Gasteiger partial charge >= 0.3 is 0 Å². The Labute approximate surface area is 123 Å². The molecule has 0 spiro atoms. The molecule has 5 heteroatoms. The number of hydrogen-bond donors (Lipinski definition) is 1. The van der Waals surface area contributed by atoms with E-state index in [0.717, 1.165) is 6.54 Å². The lowest BCUT2D eigenvalue weighted by Gasteiger charge is -2.25. The van der Waals surface area contributed by atoms with E-state index >= 15 is 0 Å². The molecule has 1 aromatic rings. The SMILES string of the molecule is CCCNC(C)c1cnc(C2SCCSC2C)s1. The van der Waals surface area contributed by atoms with Crippen LogP contribution >= 0.6 is 34.9 Å². The third-order valence-corrected chi connectivity index (χ3v) is 7.61. The lowest BCUT2D eigenvalue weighted by atomic mass is 10.3. The summed E-state index contributed by atoms with van der Waals surface area (Å²) in [5, 5.41) is 6.15. The van der Waals surface area contributed by atoms with Gasteiger partial charge < -0.3 is 5.32 Å². The standard InChI is InChI=1S/C13H22N2S3/c1-4-5-14-9(2)11-8-15-13(18-11)12-10(3)16-6-7-17-12/h8-10,12,14H,4-7H2,1-3H3. The van der Waals surface area contributed by atoms with Crippen molar-refractivity contribution in [1.29, 1.82) is 0 Å². The van der Waals surface area contributed by atoms with Gasteiger partial charge in [-0.05, 0) is 19.9 Å². The van der Waals surface area contributed by atoms with E-state index in [-0.39, 0.29) is 0 Å². The summed E-state index contributed by atoms with van der Waals surface area (Å²) in [7, 11) is 0. The van der Waals surface area contributed by atoms with Crippen molar-refractivity contribution in [2.75, 3.05) is 18.1 Å².